The van der Waals surface area contributed by atoms with Crippen LogP contribution in [0.15, 0.2) is 24.3 Å². The van der Waals surface area contributed by atoms with E-state index in [1.807, 2.05) is 0 Å². The SMILES string of the molecule is CN(C(=O)N1CCOC(C(=O)O)C1)c1cccc(O)c1. The van der Waals surface area contributed by atoms with E-state index in [0.29, 0.717) is 12.2 Å². The van der Waals surface area contributed by atoms with Crippen LogP contribution in [0.5, 0.6) is 5.75 Å². The van der Waals surface area contributed by atoms with Gasteiger partial charge >= 0.3 is 12.0 Å². The molecule has 1 aromatic carbocycles. The molecule has 1 aliphatic heterocycles. The maximum Gasteiger partial charge on any atom is 0.334 e. The molecule has 20 heavy (non-hydrogen) atoms. The number of anilines is 1. The molecule has 2 rings (SSSR count). The van der Waals surface area contributed by atoms with Gasteiger partial charge in [-0.05, 0) is 12.1 Å². The molecule has 1 aliphatic rings. The van der Waals surface area contributed by atoms with Gasteiger partial charge < -0.3 is 19.8 Å². The van der Waals surface area contributed by atoms with E-state index in [1.165, 1.54) is 21.9 Å². The zero-order valence-electron chi connectivity index (χ0n) is 11.0. The fourth-order valence-corrected chi connectivity index (χ4v) is 2.00. The maximum absolute atomic E-state index is 12.3. The Balaban J connectivity index is 2.08. The Bertz CT molecular complexity index is 519. The Morgan fingerprint density at radius 3 is 2.85 bits per heavy atom. The van der Waals surface area contributed by atoms with Crippen LogP contribution in [-0.4, -0.2) is 60.0 Å². The van der Waals surface area contributed by atoms with Gasteiger partial charge in [-0.15, -0.1) is 0 Å². The van der Waals surface area contributed by atoms with Gasteiger partial charge in [0.2, 0.25) is 0 Å². The molecule has 0 radical (unpaired) electrons. The number of rotatable bonds is 2. The van der Waals surface area contributed by atoms with E-state index in [9.17, 15) is 14.7 Å². The third-order valence-electron chi connectivity index (χ3n) is 3.12. The van der Waals surface area contributed by atoms with E-state index >= 15 is 0 Å². The lowest BCUT2D eigenvalue weighted by Gasteiger charge is -2.33. The minimum absolute atomic E-state index is 0.0112. The monoisotopic (exact) mass is 280 g/mol. The third-order valence-corrected chi connectivity index (χ3v) is 3.12. The number of carbonyl (C=O) groups is 2. The highest BCUT2D eigenvalue weighted by Gasteiger charge is 2.30. The van der Waals surface area contributed by atoms with Crippen molar-refractivity contribution in [3.8, 4) is 5.75 Å². The number of hydrogen-bond donors (Lipinski definition) is 2. The van der Waals surface area contributed by atoms with Gasteiger partial charge in [0.1, 0.15) is 5.75 Å². The maximum atomic E-state index is 12.3. The van der Waals surface area contributed by atoms with Crippen molar-refractivity contribution in [1.29, 1.82) is 0 Å². The van der Waals surface area contributed by atoms with Crippen LogP contribution < -0.4 is 4.90 Å². The van der Waals surface area contributed by atoms with Gasteiger partial charge in [0.15, 0.2) is 6.10 Å². The molecule has 1 aromatic rings. The number of morpholine rings is 1. The molecule has 0 aliphatic carbocycles. The second kappa shape index (κ2) is 5.79. The molecule has 2 amide bonds. The summed E-state index contributed by atoms with van der Waals surface area (Å²) in [6, 6.07) is 5.97. The van der Waals surface area contributed by atoms with Gasteiger partial charge in [-0.3, -0.25) is 4.90 Å². The summed E-state index contributed by atoms with van der Waals surface area (Å²) in [5.41, 5.74) is 0.536. The molecule has 1 atom stereocenters. The van der Waals surface area contributed by atoms with E-state index in [-0.39, 0.29) is 24.9 Å². The molecule has 2 N–H and O–H groups in total. The normalized spacial score (nSPS) is 18.6. The summed E-state index contributed by atoms with van der Waals surface area (Å²) in [6.07, 6.45) is -0.995. The second-order valence-electron chi connectivity index (χ2n) is 4.51. The Hall–Kier alpha value is -2.28. The van der Waals surface area contributed by atoms with E-state index in [4.69, 9.17) is 9.84 Å². The first-order valence-corrected chi connectivity index (χ1v) is 6.15. The van der Waals surface area contributed by atoms with Crippen molar-refractivity contribution in [2.24, 2.45) is 0 Å². The number of urea groups is 1. The number of carboxylic acid groups (broad SMARTS) is 1. The van der Waals surface area contributed by atoms with Crippen LogP contribution >= 0.6 is 0 Å². The Morgan fingerprint density at radius 2 is 2.20 bits per heavy atom. The summed E-state index contributed by atoms with van der Waals surface area (Å²) < 4.78 is 5.07. The number of benzene rings is 1. The quantitative estimate of drug-likeness (QED) is 0.833. The predicted molar refractivity (Wildman–Crippen MR) is 70.9 cm³/mol. The lowest BCUT2D eigenvalue weighted by atomic mass is 10.2. The zero-order valence-corrected chi connectivity index (χ0v) is 11.0. The highest BCUT2D eigenvalue weighted by atomic mass is 16.5. The van der Waals surface area contributed by atoms with Crippen molar-refractivity contribution in [3.63, 3.8) is 0 Å². The largest absolute Gasteiger partial charge is 0.508 e. The summed E-state index contributed by atoms with van der Waals surface area (Å²) >= 11 is 0. The highest BCUT2D eigenvalue weighted by molar-refractivity contribution is 5.92. The molecule has 108 valence electrons. The molecule has 1 unspecified atom stereocenters. The molecule has 0 spiro atoms. The van der Waals surface area contributed by atoms with Crippen molar-refractivity contribution in [2.75, 3.05) is 31.6 Å². The van der Waals surface area contributed by atoms with Crippen molar-refractivity contribution in [2.45, 2.75) is 6.10 Å². The van der Waals surface area contributed by atoms with E-state index < -0.39 is 12.1 Å². The van der Waals surface area contributed by atoms with Gasteiger partial charge in [-0.25, -0.2) is 9.59 Å². The van der Waals surface area contributed by atoms with E-state index in [2.05, 4.69) is 0 Å². The lowest BCUT2D eigenvalue weighted by Crippen LogP contribution is -2.52. The van der Waals surface area contributed by atoms with Crippen LogP contribution in [-0.2, 0) is 9.53 Å². The Kier molecular flexibility index (Phi) is 4.09. The first-order valence-electron chi connectivity index (χ1n) is 6.15. The Morgan fingerprint density at radius 1 is 1.45 bits per heavy atom. The lowest BCUT2D eigenvalue weighted by molar-refractivity contribution is -0.154. The minimum atomic E-state index is -1.08. The van der Waals surface area contributed by atoms with Gasteiger partial charge in [0.25, 0.3) is 0 Å². The summed E-state index contributed by atoms with van der Waals surface area (Å²) in [6.45, 7) is 0.541. The molecule has 0 bridgehead atoms. The fourth-order valence-electron chi connectivity index (χ4n) is 2.00. The average Bonchev–Trinajstić information content (AvgIpc) is 2.45. The van der Waals surface area contributed by atoms with E-state index in [0.717, 1.165) is 0 Å². The number of hydrogen-bond acceptors (Lipinski definition) is 4. The number of phenols is 1. The first kappa shape index (κ1) is 14.1. The van der Waals surface area contributed by atoms with Gasteiger partial charge in [0, 0.05) is 25.3 Å². The molecule has 0 aromatic heterocycles. The smallest absolute Gasteiger partial charge is 0.334 e. The minimum Gasteiger partial charge on any atom is -0.508 e. The van der Waals surface area contributed by atoms with Crippen molar-refractivity contribution in [3.05, 3.63) is 24.3 Å². The van der Waals surface area contributed by atoms with Crippen LogP contribution in [0.2, 0.25) is 0 Å². The number of aliphatic carboxylic acids is 1. The van der Waals surface area contributed by atoms with Crippen molar-refractivity contribution in [1.82, 2.24) is 4.90 Å². The van der Waals surface area contributed by atoms with Crippen LogP contribution in [0.1, 0.15) is 0 Å². The summed E-state index contributed by atoms with van der Waals surface area (Å²) in [4.78, 5) is 26.0. The number of carbonyl (C=O) groups excluding carboxylic acids is 1. The molecule has 7 nitrogen and oxygen atoms in total. The fraction of sp³-hybridized carbons (Fsp3) is 0.385. The topological polar surface area (TPSA) is 90.3 Å². The summed E-state index contributed by atoms with van der Waals surface area (Å²) in [5.74, 6) is -1.02. The van der Waals surface area contributed by atoms with Gasteiger partial charge in [-0.2, -0.15) is 0 Å². The number of ether oxygens (including phenoxy) is 1. The number of phenolic OH excluding ortho intramolecular Hbond substituents is 1. The van der Waals surface area contributed by atoms with Crippen LogP contribution in [0, 0.1) is 0 Å². The van der Waals surface area contributed by atoms with Crippen LogP contribution in [0.3, 0.4) is 0 Å². The standard InChI is InChI=1S/C13H16N2O5/c1-14(9-3-2-4-10(16)7-9)13(19)15-5-6-20-11(8-15)12(17)18/h2-4,7,11,16H,5-6,8H2,1H3,(H,17,18). The Labute approximate surface area is 116 Å². The molecule has 7 heteroatoms. The number of nitrogens with zero attached hydrogens (tertiary/aromatic N) is 2. The summed E-state index contributed by atoms with van der Waals surface area (Å²) in [5, 5.41) is 18.3. The van der Waals surface area contributed by atoms with Crippen molar-refractivity contribution >= 4 is 17.7 Å². The molecule has 1 saturated heterocycles. The molecular weight excluding hydrogens is 264 g/mol. The molecule has 0 saturated carbocycles. The highest BCUT2D eigenvalue weighted by Crippen LogP contribution is 2.20. The predicted octanol–water partition coefficient (Wildman–Crippen LogP) is 0.734. The first-order chi connectivity index (χ1) is 9.49. The molecular formula is C13H16N2O5. The molecule has 1 heterocycles. The second-order valence-corrected chi connectivity index (χ2v) is 4.51. The van der Waals surface area contributed by atoms with E-state index in [1.54, 1.807) is 19.2 Å². The number of amides is 2. The summed E-state index contributed by atoms with van der Waals surface area (Å²) in [7, 11) is 1.57. The van der Waals surface area contributed by atoms with Crippen LogP contribution in [0.4, 0.5) is 10.5 Å². The average molecular weight is 280 g/mol. The number of carboxylic acids is 1. The van der Waals surface area contributed by atoms with Crippen molar-refractivity contribution < 1.29 is 24.5 Å². The van der Waals surface area contributed by atoms with Gasteiger partial charge in [-0.1, -0.05) is 6.07 Å². The third kappa shape index (κ3) is 3.00. The number of aromatic hydroxyl groups is 1. The molecule has 1 fully saturated rings. The van der Waals surface area contributed by atoms with Crippen LogP contribution in [0.25, 0.3) is 0 Å². The van der Waals surface area contributed by atoms with Gasteiger partial charge in [0.05, 0.1) is 13.2 Å². The zero-order chi connectivity index (χ0) is 14.7.